The topological polar surface area (TPSA) is 75.7 Å². The number of carbonyl (C=O) groups excluding carboxylic acids is 1. The van der Waals surface area contributed by atoms with E-state index in [0.29, 0.717) is 9.64 Å². The summed E-state index contributed by atoms with van der Waals surface area (Å²) in [6.45, 7) is -1.46. The quantitative estimate of drug-likeness (QED) is 0.837. The van der Waals surface area contributed by atoms with E-state index in [2.05, 4.69) is 0 Å². The summed E-state index contributed by atoms with van der Waals surface area (Å²) in [4.78, 5) is 23.6. The van der Waals surface area contributed by atoms with Crippen molar-refractivity contribution in [1.29, 1.82) is 0 Å². The third-order valence-electron chi connectivity index (χ3n) is 2.17. The van der Waals surface area contributed by atoms with Crippen LogP contribution in [0.4, 0.5) is 13.2 Å². The Morgan fingerprint density at radius 2 is 2.16 bits per heavy atom. The summed E-state index contributed by atoms with van der Waals surface area (Å²) >= 11 is 0. The Morgan fingerprint density at radius 1 is 1.53 bits per heavy atom. The van der Waals surface area contributed by atoms with E-state index in [9.17, 15) is 22.8 Å². The number of aliphatic hydroxyl groups excluding tert-OH is 1. The van der Waals surface area contributed by atoms with Gasteiger partial charge in [-0.05, 0) is 6.92 Å². The molecular weight excluding hydrogens is 269 g/mol. The number of halogens is 3. The van der Waals surface area contributed by atoms with Crippen LogP contribution < -0.4 is 5.56 Å². The first kappa shape index (κ1) is 15.4. The summed E-state index contributed by atoms with van der Waals surface area (Å²) in [6, 6.07) is 1.05. The van der Waals surface area contributed by atoms with E-state index >= 15 is 0 Å². The van der Waals surface area contributed by atoms with Crippen LogP contribution in [0.15, 0.2) is 15.4 Å². The first-order chi connectivity index (χ1) is 8.73. The zero-order valence-corrected chi connectivity index (χ0v) is 10.1. The van der Waals surface area contributed by atoms with Crippen LogP contribution in [0.5, 0.6) is 0 Å². The van der Waals surface area contributed by atoms with Crippen LogP contribution in [0.3, 0.4) is 0 Å². The van der Waals surface area contributed by atoms with Crippen LogP contribution in [0, 0.1) is 6.92 Å². The monoisotopic (exact) mass is 282 g/mol. The zero-order valence-electron chi connectivity index (χ0n) is 10.1. The van der Waals surface area contributed by atoms with Gasteiger partial charge in [-0.2, -0.15) is 13.2 Å². The Bertz CT molecular complexity index is 492. The summed E-state index contributed by atoms with van der Waals surface area (Å²) in [5.41, 5.74) is -0.738. The highest BCUT2D eigenvalue weighted by molar-refractivity contribution is 5.79. The molecule has 1 N–H and O–H groups in total. The minimum Gasteiger partial charge on any atom is -0.395 e. The first-order valence-electron chi connectivity index (χ1n) is 5.36. The molecule has 0 radical (unpaired) electrons. The summed E-state index contributed by atoms with van der Waals surface area (Å²) in [6.07, 6.45) is -4.50. The van der Waals surface area contributed by atoms with Gasteiger partial charge in [-0.15, -0.1) is 4.74 Å². The fourth-order valence-electron chi connectivity index (χ4n) is 1.49. The van der Waals surface area contributed by atoms with Crippen molar-refractivity contribution in [1.82, 2.24) is 9.64 Å². The lowest BCUT2D eigenvalue weighted by atomic mass is 10.4. The lowest BCUT2D eigenvalue weighted by Gasteiger charge is -2.21. The SMILES string of the molecule is Cc1cc(=O)n(C(=O)CN(CCO)CC(F)(F)F)o1. The summed E-state index contributed by atoms with van der Waals surface area (Å²) < 4.78 is 41.9. The maximum absolute atomic E-state index is 12.2. The van der Waals surface area contributed by atoms with Crippen molar-refractivity contribution in [3.05, 3.63) is 22.2 Å². The highest BCUT2D eigenvalue weighted by atomic mass is 19.4. The Kier molecular flexibility index (Phi) is 4.90. The average molecular weight is 282 g/mol. The third kappa shape index (κ3) is 4.87. The van der Waals surface area contributed by atoms with Crippen LogP contribution in [-0.4, -0.2) is 53.1 Å². The molecule has 108 valence electrons. The number of rotatable bonds is 5. The molecule has 0 aliphatic carbocycles. The van der Waals surface area contributed by atoms with Crippen molar-refractivity contribution in [3.8, 4) is 0 Å². The van der Waals surface area contributed by atoms with Crippen molar-refractivity contribution in [3.63, 3.8) is 0 Å². The minimum atomic E-state index is -4.50. The van der Waals surface area contributed by atoms with Crippen molar-refractivity contribution in [2.24, 2.45) is 0 Å². The average Bonchev–Trinajstić information content (AvgIpc) is 2.55. The normalized spacial score (nSPS) is 12.1. The predicted octanol–water partition coefficient (Wildman–Crippen LogP) is 0.247. The second-order valence-corrected chi connectivity index (χ2v) is 3.92. The van der Waals surface area contributed by atoms with E-state index in [1.54, 1.807) is 0 Å². The molecule has 0 saturated heterocycles. The molecule has 0 fully saturated rings. The number of hydrogen-bond acceptors (Lipinski definition) is 5. The number of alkyl halides is 3. The Morgan fingerprint density at radius 3 is 2.58 bits per heavy atom. The molecule has 1 rings (SSSR count). The van der Waals surface area contributed by atoms with Gasteiger partial charge in [0.1, 0.15) is 5.76 Å². The number of aryl methyl sites for hydroxylation is 1. The lowest BCUT2D eigenvalue weighted by Crippen LogP contribution is -2.42. The number of carbonyl (C=O) groups is 1. The van der Waals surface area contributed by atoms with E-state index in [0.717, 1.165) is 6.07 Å². The molecule has 0 saturated carbocycles. The van der Waals surface area contributed by atoms with Crippen LogP contribution >= 0.6 is 0 Å². The second kappa shape index (κ2) is 6.02. The zero-order chi connectivity index (χ0) is 14.6. The largest absolute Gasteiger partial charge is 0.401 e. The van der Waals surface area contributed by atoms with E-state index in [4.69, 9.17) is 9.63 Å². The van der Waals surface area contributed by atoms with Crippen molar-refractivity contribution in [2.45, 2.75) is 13.1 Å². The van der Waals surface area contributed by atoms with Gasteiger partial charge in [-0.1, -0.05) is 0 Å². The molecule has 1 heterocycles. The predicted molar refractivity (Wildman–Crippen MR) is 57.9 cm³/mol. The molecule has 0 amide bonds. The molecule has 9 heteroatoms. The van der Waals surface area contributed by atoms with Gasteiger partial charge in [0.15, 0.2) is 0 Å². The maximum Gasteiger partial charge on any atom is 0.401 e. The molecule has 1 aromatic rings. The third-order valence-corrected chi connectivity index (χ3v) is 2.17. The van der Waals surface area contributed by atoms with Crippen LogP contribution in [0.25, 0.3) is 0 Å². The Balaban J connectivity index is 2.76. The summed E-state index contributed by atoms with van der Waals surface area (Å²) in [7, 11) is 0. The van der Waals surface area contributed by atoms with Crippen molar-refractivity contribution >= 4 is 5.91 Å². The summed E-state index contributed by atoms with van der Waals surface area (Å²) in [5, 5.41) is 8.66. The Labute approximate surface area is 106 Å². The lowest BCUT2D eigenvalue weighted by molar-refractivity contribution is -0.145. The van der Waals surface area contributed by atoms with Gasteiger partial charge >= 0.3 is 6.18 Å². The maximum atomic E-state index is 12.2. The van der Waals surface area contributed by atoms with Crippen LogP contribution in [0.1, 0.15) is 10.6 Å². The smallest absolute Gasteiger partial charge is 0.395 e. The number of aliphatic hydroxyl groups is 1. The van der Waals surface area contributed by atoms with Gasteiger partial charge in [0.05, 0.1) is 19.7 Å². The molecule has 0 atom stereocenters. The molecule has 0 spiro atoms. The number of hydrogen-bond donors (Lipinski definition) is 1. The van der Waals surface area contributed by atoms with E-state index in [1.165, 1.54) is 6.92 Å². The molecule has 0 unspecified atom stereocenters. The minimum absolute atomic E-state index is 0.183. The second-order valence-electron chi connectivity index (χ2n) is 3.92. The number of aromatic nitrogens is 1. The standard InChI is InChI=1S/C10H13F3N2O4/c1-7-4-8(17)15(19-7)9(18)5-14(2-3-16)6-10(11,12)13/h4,16H,2-3,5-6H2,1H3. The van der Waals surface area contributed by atoms with Gasteiger partial charge in [0, 0.05) is 12.6 Å². The number of nitrogens with zero attached hydrogens (tertiary/aromatic N) is 2. The van der Waals surface area contributed by atoms with Gasteiger partial charge in [-0.25, -0.2) is 0 Å². The van der Waals surface area contributed by atoms with Crippen molar-refractivity contribution in [2.75, 3.05) is 26.2 Å². The fourth-order valence-corrected chi connectivity index (χ4v) is 1.49. The van der Waals surface area contributed by atoms with E-state index in [1.807, 2.05) is 0 Å². The highest BCUT2D eigenvalue weighted by Gasteiger charge is 2.31. The molecule has 0 aliphatic heterocycles. The van der Waals surface area contributed by atoms with Crippen LogP contribution in [0.2, 0.25) is 0 Å². The first-order valence-corrected chi connectivity index (χ1v) is 5.36. The molecule has 0 aliphatic rings. The summed E-state index contributed by atoms with van der Waals surface area (Å²) in [5.74, 6) is -0.737. The molecule has 0 aromatic carbocycles. The van der Waals surface area contributed by atoms with Crippen LogP contribution in [-0.2, 0) is 0 Å². The van der Waals surface area contributed by atoms with Gasteiger partial charge in [0.25, 0.3) is 11.5 Å². The van der Waals surface area contributed by atoms with Gasteiger partial charge in [-0.3, -0.25) is 14.5 Å². The van der Waals surface area contributed by atoms with E-state index in [-0.39, 0.29) is 12.3 Å². The molecule has 1 aromatic heterocycles. The van der Waals surface area contributed by atoms with Gasteiger partial charge in [0.2, 0.25) is 0 Å². The highest BCUT2D eigenvalue weighted by Crippen LogP contribution is 2.16. The Hall–Kier alpha value is -1.61. The van der Waals surface area contributed by atoms with E-state index < -0.39 is 37.3 Å². The molecular formula is C10H13F3N2O4. The molecule has 0 bridgehead atoms. The fraction of sp³-hybridized carbons (Fsp3) is 0.600. The molecule has 6 nitrogen and oxygen atoms in total. The molecule has 19 heavy (non-hydrogen) atoms. The van der Waals surface area contributed by atoms with Crippen molar-refractivity contribution < 1.29 is 27.6 Å². The van der Waals surface area contributed by atoms with Gasteiger partial charge < -0.3 is 9.63 Å².